The molecule has 96 valence electrons. The molecule has 0 rings (SSSR count). The Morgan fingerprint density at radius 3 is 1.94 bits per heavy atom. The molecule has 0 heterocycles. The highest BCUT2D eigenvalue weighted by molar-refractivity contribution is 6.58. The molecular weight excluding hydrogens is 211 g/mol. The average molecular weight is 242 g/mol. The van der Waals surface area contributed by atoms with Gasteiger partial charge in [-0.15, -0.1) is 0 Å². The summed E-state index contributed by atoms with van der Waals surface area (Å²) < 4.78 is 5.39. The average Bonchev–Trinajstić information content (AvgIpc) is 2.15. The van der Waals surface area contributed by atoms with Gasteiger partial charge in [0, 0.05) is 13.2 Å². The van der Waals surface area contributed by atoms with Crippen LogP contribution in [-0.2, 0) is 4.74 Å². The molecule has 0 bridgehead atoms. The summed E-state index contributed by atoms with van der Waals surface area (Å²) in [6.45, 7) is 13.4. The third-order valence-corrected chi connectivity index (χ3v) is 7.41. The van der Waals surface area contributed by atoms with E-state index in [4.69, 9.17) is 4.74 Å². The highest BCUT2D eigenvalue weighted by Gasteiger charge is 2.19. The van der Waals surface area contributed by atoms with Crippen LogP contribution in [-0.4, -0.2) is 27.4 Å². The summed E-state index contributed by atoms with van der Waals surface area (Å²) in [6, 6.07) is 0. The predicted octanol–water partition coefficient (Wildman–Crippen LogP) is 4.61. The summed E-state index contributed by atoms with van der Waals surface area (Å²) >= 11 is -0.457. The van der Waals surface area contributed by atoms with Gasteiger partial charge in [-0.25, -0.2) is 0 Å². The number of hydrogen-bond donors (Lipinski definition) is 0. The quantitative estimate of drug-likeness (QED) is 0.401. The van der Waals surface area contributed by atoms with Gasteiger partial charge in [-0.1, -0.05) is 61.8 Å². The van der Waals surface area contributed by atoms with E-state index in [-0.39, 0.29) is 0 Å². The fourth-order valence-electron chi connectivity index (χ4n) is 2.45. The molecule has 0 aromatic carbocycles. The van der Waals surface area contributed by atoms with Crippen LogP contribution >= 0.6 is 0 Å². The van der Waals surface area contributed by atoms with Crippen molar-refractivity contribution in [1.82, 2.24) is 0 Å². The van der Waals surface area contributed by atoms with Crippen LogP contribution in [0, 0.1) is 11.8 Å². The lowest BCUT2D eigenvalue weighted by Crippen LogP contribution is -2.17. The molecule has 0 fully saturated rings. The summed E-state index contributed by atoms with van der Waals surface area (Å²) in [4.78, 5) is 0. The second-order valence-corrected chi connectivity index (χ2v) is 9.07. The lowest BCUT2D eigenvalue weighted by Gasteiger charge is -2.16. The number of ether oxygens (including phenoxy) is 1. The highest BCUT2D eigenvalue weighted by Crippen LogP contribution is 2.19. The molecule has 0 aliphatic heterocycles. The van der Waals surface area contributed by atoms with Gasteiger partial charge < -0.3 is 4.74 Å². The van der Waals surface area contributed by atoms with Crippen molar-refractivity contribution < 1.29 is 4.74 Å². The van der Waals surface area contributed by atoms with Gasteiger partial charge in [0.25, 0.3) is 14.1 Å². The van der Waals surface area contributed by atoms with Crippen LogP contribution in [0.1, 0.15) is 47.5 Å². The number of rotatable bonds is 10. The summed E-state index contributed by atoms with van der Waals surface area (Å²) in [7, 11) is 0. The molecular formula is C14H31AlO. The van der Waals surface area contributed by atoms with Gasteiger partial charge >= 0.3 is 0 Å². The zero-order valence-corrected chi connectivity index (χ0v) is 13.2. The Morgan fingerprint density at radius 1 is 0.938 bits per heavy atom. The molecule has 1 nitrogen and oxygen atoms in total. The minimum atomic E-state index is -0.457. The van der Waals surface area contributed by atoms with E-state index in [0.29, 0.717) is 0 Å². The van der Waals surface area contributed by atoms with E-state index in [1.54, 1.807) is 0 Å². The Kier molecular flexibility index (Phi) is 11.0. The predicted molar refractivity (Wildman–Crippen MR) is 75.6 cm³/mol. The molecule has 0 radical (unpaired) electrons. The number of unbranched alkanes of at least 4 members (excludes halogenated alkanes) is 1. The summed E-state index contributed by atoms with van der Waals surface area (Å²) in [6.07, 6.45) is 2.67. The van der Waals surface area contributed by atoms with Crippen molar-refractivity contribution in [2.75, 3.05) is 13.2 Å². The molecule has 0 spiro atoms. The third-order valence-electron chi connectivity index (χ3n) is 2.96. The molecule has 0 unspecified atom stereocenters. The van der Waals surface area contributed by atoms with Crippen molar-refractivity contribution in [3.63, 3.8) is 0 Å². The molecule has 0 saturated carbocycles. The maximum absolute atomic E-state index is 5.39. The molecule has 0 aliphatic carbocycles. The molecule has 0 atom stereocenters. The SMILES string of the molecule is CCOCCC[CH2][Al]([CH2]C(C)C)[CH2]C(C)C. The fourth-order valence-corrected chi connectivity index (χ4v) is 6.64. The van der Waals surface area contributed by atoms with Gasteiger partial charge in [-0.05, 0) is 13.3 Å². The van der Waals surface area contributed by atoms with Crippen molar-refractivity contribution in [1.29, 1.82) is 0 Å². The number of hydrogen-bond acceptors (Lipinski definition) is 1. The van der Waals surface area contributed by atoms with E-state index in [9.17, 15) is 0 Å². The van der Waals surface area contributed by atoms with E-state index in [2.05, 4.69) is 34.6 Å². The largest absolute Gasteiger partial charge is 0.382 e. The zero-order chi connectivity index (χ0) is 12.4. The minimum Gasteiger partial charge on any atom is -0.382 e. The standard InChI is InChI=1S/C6H13O.2C4H9.Al/c1-3-5-6-7-4-2;2*1-4(2)3;/h1,3-6H2,2H3;2*4H,1H2,2-3H3;. The normalized spacial score (nSPS) is 11.4. The maximum atomic E-state index is 5.39. The fraction of sp³-hybridized carbons (Fsp3) is 1.00. The van der Waals surface area contributed by atoms with E-state index in [1.807, 2.05) is 0 Å². The van der Waals surface area contributed by atoms with Crippen LogP contribution in [0.25, 0.3) is 0 Å². The molecule has 0 saturated heterocycles. The Morgan fingerprint density at radius 2 is 1.50 bits per heavy atom. The van der Waals surface area contributed by atoms with Crippen molar-refractivity contribution in [2.45, 2.75) is 63.3 Å². The lowest BCUT2D eigenvalue weighted by molar-refractivity contribution is 0.144. The van der Waals surface area contributed by atoms with Crippen LogP contribution in [0.2, 0.25) is 15.8 Å². The monoisotopic (exact) mass is 242 g/mol. The molecule has 0 amide bonds. The van der Waals surface area contributed by atoms with Crippen LogP contribution in [0.15, 0.2) is 0 Å². The smallest absolute Gasteiger partial charge is 0.262 e. The van der Waals surface area contributed by atoms with Crippen molar-refractivity contribution >= 4 is 14.1 Å². The second kappa shape index (κ2) is 10.6. The Hall–Kier alpha value is 0.492. The Bertz CT molecular complexity index is 136. The Balaban J connectivity index is 3.65. The zero-order valence-electron chi connectivity index (χ0n) is 12.1. The van der Waals surface area contributed by atoms with Crippen molar-refractivity contribution in [3.05, 3.63) is 0 Å². The van der Waals surface area contributed by atoms with Gasteiger partial charge in [0.05, 0.1) is 0 Å². The molecule has 0 N–H and O–H groups in total. The topological polar surface area (TPSA) is 9.23 Å². The highest BCUT2D eigenvalue weighted by atomic mass is 27.2. The molecule has 0 aromatic rings. The first-order chi connectivity index (χ1) is 7.56. The summed E-state index contributed by atoms with van der Waals surface area (Å²) in [5.74, 6) is 1.81. The second-order valence-electron chi connectivity index (χ2n) is 5.82. The van der Waals surface area contributed by atoms with E-state index in [1.165, 1.54) is 28.7 Å². The van der Waals surface area contributed by atoms with Gasteiger partial charge in [0.1, 0.15) is 0 Å². The summed E-state index contributed by atoms with van der Waals surface area (Å²) in [5.41, 5.74) is 0. The molecule has 2 heteroatoms. The molecule has 0 aromatic heterocycles. The van der Waals surface area contributed by atoms with E-state index in [0.717, 1.165) is 25.0 Å². The lowest BCUT2D eigenvalue weighted by atomic mass is 10.3. The van der Waals surface area contributed by atoms with Crippen LogP contribution in [0.3, 0.4) is 0 Å². The van der Waals surface area contributed by atoms with Crippen LogP contribution < -0.4 is 0 Å². The summed E-state index contributed by atoms with van der Waals surface area (Å²) in [5, 5.41) is 4.60. The first kappa shape index (κ1) is 16.5. The van der Waals surface area contributed by atoms with Crippen LogP contribution in [0.4, 0.5) is 0 Å². The van der Waals surface area contributed by atoms with Crippen molar-refractivity contribution in [2.24, 2.45) is 11.8 Å². The van der Waals surface area contributed by atoms with Gasteiger partial charge in [0.2, 0.25) is 0 Å². The first-order valence-corrected chi connectivity index (χ1v) is 9.58. The van der Waals surface area contributed by atoms with Gasteiger partial charge in [0.15, 0.2) is 0 Å². The first-order valence-electron chi connectivity index (χ1n) is 7.14. The van der Waals surface area contributed by atoms with E-state index >= 15 is 0 Å². The van der Waals surface area contributed by atoms with Crippen LogP contribution in [0.5, 0.6) is 0 Å². The maximum Gasteiger partial charge on any atom is 0.262 e. The molecule has 16 heavy (non-hydrogen) atoms. The van der Waals surface area contributed by atoms with E-state index < -0.39 is 14.1 Å². The Labute approximate surface area is 107 Å². The minimum absolute atomic E-state index is 0.457. The third kappa shape index (κ3) is 11.0. The molecule has 0 aliphatic rings. The van der Waals surface area contributed by atoms with Crippen molar-refractivity contribution in [3.8, 4) is 0 Å². The van der Waals surface area contributed by atoms with Gasteiger partial charge in [-0.3, -0.25) is 0 Å². The van der Waals surface area contributed by atoms with Gasteiger partial charge in [-0.2, -0.15) is 0 Å².